The number of carboxylic acids is 1. The Morgan fingerprint density at radius 2 is 2.10 bits per heavy atom. The zero-order valence-corrected chi connectivity index (χ0v) is 12.3. The van der Waals surface area contributed by atoms with Crippen molar-refractivity contribution >= 4 is 23.6 Å². The standard InChI is InChI=1S/C14H16FNO4S/c1-9-16(12(8-21-9)14(18)19)13(17)6-7-20-11-4-2-10(15)3-5-11/h2-5,9,12H,6-8H2,1H3,(H,18,19). The summed E-state index contributed by atoms with van der Waals surface area (Å²) in [4.78, 5) is 24.6. The van der Waals surface area contributed by atoms with Crippen molar-refractivity contribution in [3.05, 3.63) is 30.1 Å². The van der Waals surface area contributed by atoms with Gasteiger partial charge in [-0.25, -0.2) is 9.18 Å². The lowest BCUT2D eigenvalue weighted by atomic mass is 10.2. The molecule has 21 heavy (non-hydrogen) atoms. The molecular formula is C14H16FNO4S. The normalized spacial score (nSPS) is 21.3. The van der Waals surface area contributed by atoms with Gasteiger partial charge in [-0.1, -0.05) is 0 Å². The Hall–Kier alpha value is -1.76. The Balaban J connectivity index is 1.86. The fourth-order valence-corrected chi connectivity index (χ4v) is 3.32. The first kappa shape index (κ1) is 15.6. The van der Waals surface area contributed by atoms with E-state index < -0.39 is 12.0 Å². The molecule has 1 aromatic rings. The third-order valence-electron chi connectivity index (χ3n) is 3.19. The highest BCUT2D eigenvalue weighted by molar-refractivity contribution is 8.00. The summed E-state index contributed by atoms with van der Waals surface area (Å²) in [6.07, 6.45) is 0.0893. The zero-order valence-electron chi connectivity index (χ0n) is 11.5. The van der Waals surface area contributed by atoms with Gasteiger partial charge in [-0.3, -0.25) is 4.79 Å². The molecule has 0 spiro atoms. The van der Waals surface area contributed by atoms with Crippen molar-refractivity contribution in [2.24, 2.45) is 0 Å². The number of hydrogen-bond donors (Lipinski definition) is 1. The smallest absolute Gasteiger partial charge is 0.327 e. The van der Waals surface area contributed by atoms with Crippen LogP contribution in [0.3, 0.4) is 0 Å². The van der Waals surface area contributed by atoms with Crippen molar-refractivity contribution in [1.82, 2.24) is 4.90 Å². The fourth-order valence-electron chi connectivity index (χ4n) is 2.13. The molecule has 0 aromatic heterocycles. The number of halogens is 1. The lowest BCUT2D eigenvalue weighted by molar-refractivity contribution is -0.149. The molecule has 1 fully saturated rings. The maximum Gasteiger partial charge on any atom is 0.327 e. The number of carbonyl (C=O) groups is 2. The maximum atomic E-state index is 12.7. The molecule has 1 amide bonds. The molecule has 1 heterocycles. The van der Waals surface area contributed by atoms with Crippen molar-refractivity contribution in [2.45, 2.75) is 24.8 Å². The quantitative estimate of drug-likeness (QED) is 0.900. The lowest BCUT2D eigenvalue weighted by Crippen LogP contribution is -2.45. The van der Waals surface area contributed by atoms with Crippen LogP contribution in [0.15, 0.2) is 24.3 Å². The second kappa shape index (κ2) is 6.80. The average Bonchev–Trinajstić information content (AvgIpc) is 2.83. The number of carbonyl (C=O) groups excluding carboxylic acids is 1. The second-order valence-electron chi connectivity index (χ2n) is 4.64. The van der Waals surface area contributed by atoms with E-state index in [9.17, 15) is 14.0 Å². The Morgan fingerprint density at radius 1 is 1.43 bits per heavy atom. The van der Waals surface area contributed by atoms with Gasteiger partial charge in [0.25, 0.3) is 0 Å². The van der Waals surface area contributed by atoms with Gasteiger partial charge in [0.05, 0.1) is 18.4 Å². The highest BCUT2D eigenvalue weighted by atomic mass is 32.2. The summed E-state index contributed by atoms with van der Waals surface area (Å²) in [5, 5.41) is 8.96. The molecule has 1 saturated heterocycles. The van der Waals surface area contributed by atoms with Gasteiger partial charge in [-0.2, -0.15) is 0 Å². The minimum absolute atomic E-state index is 0.0893. The van der Waals surface area contributed by atoms with Crippen molar-refractivity contribution in [3.8, 4) is 5.75 Å². The summed E-state index contributed by atoms with van der Waals surface area (Å²) in [7, 11) is 0. The second-order valence-corrected chi connectivity index (χ2v) is 5.99. The van der Waals surface area contributed by atoms with E-state index in [1.165, 1.54) is 40.9 Å². The number of aliphatic carboxylic acids is 1. The van der Waals surface area contributed by atoms with E-state index in [1.807, 2.05) is 6.92 Å². The van der Waals surface area contributed by atoms with Crippen molar-refractivity contribution in [2.75, 3.05) is 12.4 Å². The summed E-state index contributed by atoms with van der Waals surface area (Å²) in [6.45, 7) is 1.94. The zero-order chi connectivity index (χ0) is 15.4. The largest absolute Gasteiger partial charge is 0.493 e. The van der Waals surface area contributed by atoms with Crippen LogP contribution in [0.1, 0.15) is 13.3 Å². The third kappa shape index (κ3) is 3.87. The van der Waals surface area contributed by atoms with E-state index in [2.05, 4.69) is 0 Å². The van der Waals surface area contributed by atoms with E-state index in [4.69, 9.17) is 9.84 Å². The summed E-state index contributed by atoms with van der Waals surface area (Å²) in [5.74, 6) is -0.712. The van der Waals surface area contributed by atoms with Gasteiger partial charge in [0.2, 0.25) is 5.91 Å². The maximum absolute atomic E-state index is 12.7. The average molecular weight is 313 g/mol. The van der Waals surface area contributed by atoms with Gasteiger partial charge < -0.3 is 14.7 Å². The Labute approximate surface area is 126 Å². The minimum atomic E-state index is -0.986. The number of benzene rings is 1. The highest BCUT2D eigenvalue weighted by Crippen LogP contribution is 2.29. The number of rotatable bonds is 5. The Bertz CT molecular complexity index is 522. The first-order valence-corrected chi connectivity index (χ1v) is 7.58. The molecule has 7 heteroatoms. The molecule has 0 saturated carbocycles. The summed E-state index contributed by atoms with van der Waals surface area (Å²) in [6, 6.07) is 4.74. The number of amides is 1. The number of nitrogens with zero attached hydrogens (tertiary/aromatic N) is 1. The molecule has 2 atom stereocenters. The van der Waals surface area contributed by atoms with Crippen molar-refractivity contribution < 1.29 is 23.8 Å². The van der Waals surface area contributed by atoms with Crippen LogP contribution in [0.25, 0.3) is 0 Å². The summed E-state index contributed by atoms with van der Waals surface area (Å²) in [5.41, 5.74) is 0. The molecule has 2 unspecified atom stereocenters. The molecule has 1 aliphatic heterocycles. The van der Waals surface area contributed by atoms with E-state index in [0.717, 1.165) is 0 Å². The molecule has 114 valence electrons. The Morgan fingerprint density at radius 3 is 2.71 bits per heavy atom. The van der Waals surface area contributed by atoms with Gasteiger partial charge in [0, 0.05) is 5.75 Å². The molecular weight excluding hydrogens is 297 g/mol. The molecule has 0 radical (unpaired) electrons. The number of thioether (sulfide) groups is 1. The lowest BCUT2D eigenvalue weighted by Gasteiger charge is -2.25. The highest BCUT2D eigenvalue weighted by Gasteiger charge is 2.38. The van der Waals surface area contributed by atoms with Gasteiger partial charge in [0.1, 0.15) is 17.6 Å². The van der Waals surface area contributed by atoms with Crippen LogP contribution in [0, 0.1) is 5.82 Å². The van der Waals surface area contributed by atoms with Gasteiger partial charge in [0.15, 0.2) is 0 Å². The molecule has 1 aromatic carbocycles. The van der Waals surface area contributed by atoms with Crippen LogP contribution in [0.5, 0.6) is 5.75 Å². The molecule has 5 nitrogen and oxygen atoms in total. The minimum Gasteiger partial charge on any atom is -0.493 e. The number of carboxylic acid groups (broad SMARTS) is 1. The summed E-state index contributed by atoms with van der Waals surface area (Å²) >= 11 is 1.44. The van der Waals surface area contributed by atoms with Crippen molar-refractivity contribution in [1.29, 1.82) is 0 Å². The van der Waals surface area contributed by atoms with E-state index >= 15 is 0 Å². The number of hydrogen-bond acceptors (Lipinski definition) is 4. The first-order chi connectivity index (χ1) is 9.99. The molecule has 1 N–H and O–H groups in total. The number of ether oxygens (including phenoxy) is 1. The topological polar surface area (TPSA) is 66.8 Å². The van der Waals surface area contributed by atoms with E-state index in [-0.39, 0.29) is 30.1 Å². The Kier molecular flexibility index (Phi) is 5.06. The van der Waals surface area contributed by atoms with Crippen LogP contribution in [-0.2, 0) is 9.59 Å². The van der Waals surface area contributed by atoms with Gasteiger partial charge in [-0.15, -0.1) is 11.8 Å². The fraction of sp³-hybridized carbons (Fsp3) is 0.429. The van der Waals surface area contributed by atoms with E-state index in [1.54, 1.807) is 0 Å². The van der Waals surface area contributed by atoms with E-state index in [0.29, 0.717) is 11.5 Å². The summed E-state index contributed by atoms with van der Waals surface area (Å²) < 4.78 is 18.1. The third-order valence-corrected chi connectivity index (χ3v) is 4.41. The van der Waals surface area contributed by atoms with Crippen LogP contribution >= 0.6 is 11.8 Å². The van der Waals surface area contributed by atoms with Crippen molar-refractivity contribution in [3.63, 3.8) is 0 Å². The van der Waals surface area contributed by atoms with Gasteiger partial charge >= 0.3 is 5.97 Å². The molecule has 0 bridgehead atoms. The van der Waals surface area contributed by atoms with Crippen LogP contribution in [-0.4, -0.2) is 45.7 Å². The predicted octanol–water partition coefficient (Wildman–Crippen LogP) is 1.97. The SMILES string of the molecule is CC1SCC(C(=O)O)N1C(=O)CCOc1ccc(F)cc1. The molecule has 0 aliphatic carbocycles. The predicted molar refractivity (Wildman–Crippen MR) is 76.7 cm³/mol. The molecule has 2 rings (SSSR count). The molecule has 1 aliphatic rings. The van der Waals surface area contributed by atoms with Crippen LogP contribution < -0.4 is 4.74 Å². The monoisotopic (exact) mass is 313 g/mol. The van der Waals surface area contributed by atoms with Gasteiger partial charge in [-0.05, 0) is 31.2 Å². The van der Waals surface area contributed by atoms with Crippen LogP contribution in [0.4, 0.5) is 4.39 Å². The van der Waals surface area contributed by atoms with Crippen LogP contribution in [0.2, 0.25) is 0 Å². The first-order valence-electron chi connectivity index (χ1n) is 6.53.